The van der Waals surface area contributed by atoms with E-state index in [-0.39, 0.29) is 5.60 Å². The van der Waals surface area contributed by atoms with Crippen molar-refractivity contribution in [1.29, 1.82) is 0 Å². The highest BCUT2D eigenvalue weighted by Gasteiger charge is 2.42. The molecule has 3 aliphatic rings. The van der Waals surface area contributed by atoms with Crippen LogP contribution in [0, 0.1) is 11.8 Å². The Bertz CT molecular complexity index is 282. The summed E-state index contributed by atoms with van der Waals surface area (Å²) in [5, 5.41) is 0. The Balaban J connectivity index is 1.52. The van der Waals surface area contributed by atoms with E-state index in [1.165, 1.54) is 38.5 Å². The van der Waals surface area contributed by atoms with Crippen molar-refractivity contribution in [2.45, 2.75) is 69.4 Å². The summed E-state index contributed by atoms with van der Waals surface area (Å²) in [7, 11) is 0. The molecule has 1 saturated carbocycles. The van der Waals surface area contributed by atoms with E-state index in [0.717, 1.165) is 45.0 Å². The minimum Gasteiger partial charge on any atom is -0.378 e. The molecule has 1 spiro atoms. The predicted octanol–water partition coefficient (Wildman–Crippen LogP) is 2.87. The first kappa shape index (κ1) is 13.8. The van der Waals surface area contributed by atoms with Gasteiger partial charge in [-0.05, 0) is 31.1 Å². The fourth-order valence-corrected chi connectivity index (χ4v) is 4.29. The fraction of sp³-hybridized carbons (Fsp3) is 1.00. The number of hydrogen-bond acceptors (Lipinski definition) is 3. The normalized spacial score (nSPS) is 38.7. The van der Waals surface area contributed by atoms with Crippen molar-refractivity contribution in [2.24, 2.45) is 17.6 Å². The molecule has 0 aromatic heterocycles. The van der Waals surface area contributed by atoms with Crippen molar-refractivity contribution < 1.29 is 9.47 Å². The molecule has 3 unspecified atom stereocenters. The van der Waals surface area contributed by atoms with Gasteiger partial charge in [-0.1, -0.05) is 32.1 Å². The average molecular weight is 267 g/mol. The lowest BCUT2D eigenvalue weighted by Gasteiger charge is -2.40. The zero-order chi connectivity index (χ0) is 13.1. The van der Waals surface area contributed by atoms with E-state index < -0.39 is 0 Å². The van der Waals surface area contributed by atoms with Crippen molar-refractivity contribution >= 4 is 0 Å². The molecule has 0 radical (unpaired) electrons. The quantitative estimate of drug-likeness (QED) is 0.855. The molecule has 0 aromatic carbocycles. The van der Waals surface area contributed by atoms with Crippen LogP contribution in [0.3, 0.4) is 0 Å². The van der Waals surface area contributed by atoms with E-state index in [0.29, 0.717) is 12.0 Å². The van der Waals surface area contributed by atoms with Crippen LogP contribution < -0.4 is 5.73 Å². The molecule has 3 fully saturated rings. The summed E-state index contributed by atoms with van der Waals surface area (Å²) in [5.74, 6) is 1.54. The van der Waals surface area contributed by atoms with Gasteiger partial charge in [-0.3, -0.25) is 0 Å². The third kappa shape index (κ3) is 3.32. The molecule has 3 rings (SSSR count). The van der Waals surface area contributed by atoms with E-state index >= 15 is 0 Å². The largest absolute Gasteiger partial charge is 0.378 e. The van der Waals surface area contributed by atoms with Crippen LogP contribution in [0.15, 0.2) is 0 Å². The van der Waals surface area contributed by atoms with Gasteiger partial charge in [-0.15, -0.1) is 0 Å². The van der Waals surface area contributed by atoms with Crippen LogP contribution in [-0.4, -0.2) is 31.5 Å². The zero-order valence-electron chi connectivity index (χ0n) is 12.1. The molecule has 3 nitrogen and oxygen atoms in total. The van der Waals surface area contributed by atoms with E-state index in [1.807, 2.05) is 0 Å². The molecule has 0 aromatic rings. The average Bonchev–Trinajstić information content (AvgIpc) is 2.88. The summed E-state index contributed by atoms with van der Waals surface area (Å²) in [5.41, 5.74) is 6.55. The van der Waals surface area contributed by atoms with Crippen LogP contribution in [0.2, 0.25) is 0 Å². The van der Waals surface area contributed by atoms with Crippen molar-refractivity contribution in [1.82, 2.24) is 0 Å². The van der Waals surface area contributed by atoms with Crippen molar-refractivity contribution in [3.8, 4) is 0 Å². The monoisotopic (exact) mass is 267 g/mol. The lowest BCUT2D eigenvalue weighted by molar-refractivity contribution is -0.102. The summed E-state index contributed by atoms with van der Waals surface area (Å²) in [6, 6.07) is 0.379. The summed E-state index contributed by atoms with van der Waals surface area (Å²) >= 11 is 0. The molecular weight excluding hydrogens is 238 g/mol. The minimum absolute atomic E-state index is 0.0209. The molecule has 2 aliphatic heterocycles. The highest BCUT2D eigenvalue weighted by Crippen LogP contribution is 2.38. The predicted molar refractivity (Wildman–Crippen MR) is 76.0 cm³/mol. The van der Waals surface area contributed by atoms with Gasteiger partial charge in [0, 0.05) is 25.7 Å². The summed E-state index contributed by atoms with van der Waals surface area (Å²) < 4.78 is 11.6. The molecule has 0 amide bonds. The van der Waals surface area contributed by atoms with Gasteiger partial charge < -0.3 is 15.2 Å². The number of ether oxygens (including phenoxy) is 2. The molecule has 3 heteroatoms. The van der Waals surface area contributed by atoms with E-state index in [2.05, 4.69) is 0 Å². The first-order valence-corrected chi connectivity index (χ1v) is 8.25. The smallest absolute Gasteiger partial charge is 0.0939 e. The van der Waals surface area contributed by atoms with Crippen LogP contribution in [0.4, 0.5) is 0 Å². The molecule has 3 atom stereocenters. The van der Waals surface area contributed by atoms with Crippen molar-refractivity contribution in [2.75, 3.05) is 19.8 Å². The maximum absolute atomic E-state index is 6.53. The van der Waals surface area contributed by atoms with Crippen LogP contribution in [0.1, 0.15) is 57.8 Å². The Morgan fingerprint density at radius 2 is 1.95 bits per heavy atom. The Morgan fingerprint density at radius 1 is 1.11 bits per heavy atom. The molecule has 2 N–H and O–H groups in total. The summed E-state index contributed by atoms with van der Waals surface area (Å²) in [6.07, 6.45) is 11.7. The van der Waals surface area contributed by atoms with Gasteiger partial charge in [0.25, 0.3) is 0 Å². The molecular formula is C16H29NO2. The summed E-state index contributed by atoms with van der Waals surface area (Å²) in [6.45, 7) is 2.54. The topological polar surface area (TPSA) is 44.5 Å². The van der Waals surface area contributed by atoms with Gasteiger partial charge in [0.15, 0.2) is 0 Å². The fourth-order valence-electron chi connectivity index (χ4n) is 4.29. The second-order valence-electron chi connectivity index (χ2n) is 6.99. The van der Waals surface area contributed by atoms with Crippen LogP contribution in [-0.2, 0) is 9.47 Å². The number of rotatable bonds is 3. The van der Waals surface area contributed by atoms with Crippen LogP contribution in [0.5, 0.6) is 0 Å². The maximum atomic E-state index is 6.53. The van der Waals surface area contributed by atoms with Crippen LogP contribution >= 0.6 is 0 Å². The third-order valence-electron chi connectivity index (χ3n) is 5.53. The second kappa shape index (κ2) is 6.11. The van der Waals surface area contributed by atoms with E-state index in [9.17, 15) is 0 Å². The Kier molecular flexibility index (Phi) is 4.45. The molecule has 0 bridgehead atoms. The minimum atomic E-state index is 0.0209. The number of nitrogens with two attached hydrogens (primary N) is 1. The van der Waals surface area contributed by atoms with Crippen molar-refractivity contribution in [3.63, 3.8) is 0 Å². The lowest BCUT2D eigenvalue weighted by Crippen LogP contribution is -2.46. The molecule has 1 aliphatic carbocycles. The van der Waals surface area contributed by atoms with Gasteiger partial charge in [0.2, 0.25) is 0 Å². The highest BCUT2D eigenvalue weighted by molar-refractivity contribution is 4.93. The Hall–Kier alpha value is -0.120. The zero-order valence-corrected chi connectivity index (χ0v) is 12.1. The first-order chi connectivity index (χ1) is 9.27. The second-order valence-corrected chi connectivity index (χ2v) is 6.99. The van der Waals surface area contributed by atoms with E-state index in [4.69, 9.17) is 15.2 Å². The highest BCUT2D eigenvalue weighted by atomic mass is 16.6. The standard InChI is InChI=1S/C16H29NO2/c17-15(10-13-4-2-1-3-5-13)14-6-8-19-16(11-14)7-9-18-12-16/h13-15H,1-12,17H2. The molecule has 2 saturated heterocycles. The lowest BCUT2D eigenvalue weighted by atomic mass is 9.76. The van der Waals surface area contributed by atoms with Gasteiger partial charge in [-0.25, -0.2) is 0 Å². The van der Waals surface area contributed by atoms with Gasteiger partial charge >= 0.3 is 0 Å². The van der Waals surface area contributed by atoms with Crippen molar-refractivity contribution in [3.05, 3.63) is 0 Å². The maximum Gasteiger partial charge on any atom is 0.0939 e. The van der Waals surface area contributed by atoms with Gasteiger partial charge in [0.05, 0.1) is 12.2 Å². The van der Waals surface area contributed by atoms with Gasteiger partial charge in [-0.2, -0.15) is 0 Å². The summed E-state index contributed by atoms with van der Waals surface area (Å²) in [4.78, 5) is 0. The number of hydrogen-bond donors (Lipinski definition) is 1. The first-order valence-electron chi connectivity index (χ1n) is 8.25. The molecule has 19 heavy (non-hydrogen) atoms. The Labute approximate surface area is 117 Å². The molecule has 2 heterocycles. The third-order valence-corrected chi connectivity index (χ3v) is 5.53. The molecule has 110 valence electrons. The SMILES string of the molecule is NC(CC1CCCCC1)C1CCOC2(CCOC2)C1. The van der Waals surface area contributed by atoms with E-state index in [1.54, 1.807) is 0 Å². The van der Waals surface area contributed by atoms with Gasteiger partial charge in [0.1, 0.15) is 0 Å². The van der Waals surface area contributed by atoms with Crippen LogP contribution in [0.25, 0.3) is 0 Å². The Morgan fingerprint density at radius 3 is 2.68 bits per heavy atom.